The molecule has 9 nitrogen and oxygen atoms in total. The number of carbonyl (C=O) groups is 1. The molecule has 4 aromatic heterocycles. The maximum Gasteiger partial charge on any atom is 0.332 e. The van der Waals surface area contributed by atoms with Crippen LogP contribution in [0.5, 0.6) is 0 Å². The molecule has 0 aliphatic heterocycles. The van der Waals surface area contributed by atoms with Gasteiger partial charge in [-0.1, -0.05) is 13.0 Å². The number of nitrogens with zero attached hydrogens (tertiary/aromatic N) is 5. The largest absolute Gasteiger partial charge is 0.347 e. The number of aromatic nitrogens is 5. The van der Waals surface area contributed by atoms with Gasteiger partial charge in [0.2, 0.25) is 0 Å². The van der Waals surface area contributed by atoms with Gasteiger partial charge in [-0.15, -0.1) is 0 Å². The Kier molecular flexibility index (Phi) is 5.72. The Labute approximate surface area is 184 Å². The van der Waals surface area contributed by atoms with Crippen molar-refractivity contribution in [1.82, 2.24) is 29.0 Å². The number of amides is 1. The molecule has 0 aromatic carbocycles. The topological polar surface area (TPSA) is 104 Å². The molecule has 32 heavy (non-hydrogen) atoms. The summed E-state index contributed by atoms with van der Waals surface area (Å²) in [6.07, 6.45) is 5.91. The minimum atomic E-state index is -0.426. The molecule has 0 bridgehead atoms. The number of nitrogens with one attached hydrogen (secondary N) is 1. The van der Waals surface area contributed by atoms with Crippen LogP contribution >= 0.6 is 0 Å². The van der Waals surface area contributed by atoms with Gasteiger partial charge in [-0.3, -0.25) is 28.7 Å². The smallest absolute Gasteiger partial charge is 0.332 e. The van der Waals surface area contributed by atoms with Gasteiger partial charge in [0.05, 0.1) is 11.1 Å². The molecule has 0 aliphatic rings. The number of hydrogen-bond donors (Lipinski definition) is 1. The van der Waals surface area contributed by atoms with E-state index in [0.29, 0.717) is 23.3 Å². The number of pyridine rings is 2. The molecular formula is C23H24N6O3. The van der Waals surface area contributed by atoms with Crippen molar-refractivity contribution < 1.29 is 4.79 Å². The molecule has 0 fully saturated rings. The molecule has 4 rings (SSSR count). The molecule has 0 aliphatic carbocycles. The van der Waals surface area contributed by atoms with E-state index in [1.807, 2.05) is 31.2 Å². The van der Waals surface area contributed by atoms with Crippen LogP contribution in [-0.4, -0.2) is 29.6 Å². The summed E-state index contributed by atoms with van der Waals surface area (Å²) in [5, 5.41) is 3.24. The van der Waals surface area contributed by atoms with Gasteiger partial charge in [0, 0.05) is 51.3 Å². The highest BCUT2D eigenvalue weighted by molar-refractivity contribution is 5.97. The maximum absolute atomic E-state index is 13.0. The summed E-state index contributed by atoms with van der Waals surface area (Å²) in [4.78, 5) is 46.5. The first-order chi connectivity index (χ1) is 15.4. The maximum atomic E-state index is 13.0. The molecule has 0 radical (unpaired) electrons. The summed E-state index contributed by atoms with van der Waals surface area (Å²) in [5.41, 5.74) is 2.51. The molecule has 0 saturated carbocycles. The van der Waals surface area contributed by atoms with Crippen LogP contribution in [-0.2, 0) is 27.2 Å². The highest BCUT2D eigenvalue weighted by atomic mass is 16.2. The van der Waals surface area contributed by atoms with Gasteiger partial charge in [0.15, 0.2) is 0 Å². The summed E-state index contributed by atoms with van der Waals surface area (Å²) in [6, 6.07) is 9.12. The average molecular weight is 432 g/mol. The lowest BCUT2D eigenvalue weighted by molar-refractivity contribution is 0.0942. The minimum absolute atomic E-state index is 0.281. The van der Waals surface area contributed by atoms with Gasteiger partial charge in [-0.2, -0.15) is 0 Å². The summed E-state index contributed by atoms with van der Waals surface area (Å²) in [7, 11) is 3.04. The van der Waals surface area contributed by atoms with Crippen molar-refractivity contribution in [2.24, 2.45) is 14.1 Å². The lowest BCUT2D eigenvalue weighted by atomic mass is 10.1. The second-order valence-corrected chi connectivity index (χ2v) is 7.60. The number of carbonyl (C=O) groups excluding carboxylic acids is 1. The molecule has 0 atom stereocenters. The van der Waals surface area contributed by atoms with Crippen molar-refractivity contribution in [2.75, 3.05) is 0 Å². The van der Waals surface area contributed by atoms with E-state index in [0.717, 1.165) is 27.8 Å². The number of rotatable bonds is 6. The molecule has 1 amide bonds. The number of aryl methyl sites for hydroxylation is 2. The predicted molar refractivity (Wildman–Crippen MR) is 121 cm³/mol. The van der Waals surface area contributed by atoms with Crippen LogP contribution in [0.1, 0.15) is 29.4 Å². The van der Waals surface area contributed by atoms with Gasteiger partial charge in [0.25, 0.3) is 11.5 Å². The Bertz CT molecular complexity index is 1400. The molecule has 9 heteroatoms. The molecule has 1 N–H and O–H groups in total. The standard InChI is InChI=1S/C23H24N6O3/c1-4-10-29-19(11-17-21(29)27(2)23(32)28(3)22(17)31)20(30)26-13-15-7-8-18(25-12-15)16-6-5-9-24-14-16/h5-9,11-12,14H,4,10,13H2,1-3H3,(H,26,30). The van der Waals surface area contributed by atoms with Crippen molar-refractivity contribution in [2.45, 2.75) is 26.4 Å². The fourth-order valence-electron chi connectivity index (χ4n) is 3.77. The lowest BCUT2D eigenvalue weighted by Gasteiger charge is -2.12. The molecule has 4 aromatic rings. The molecule has 4 heterocycles. The van der Waals surface area contributed by atoms with Gasteiger partial charge >= 0.3 is 5.69 Å². The summed E-state index contributed by atoms with van der Waals surface area (Å²) in [6.45, 7) is 2.76. The fraction of sp³-hybridized carbons (Fsp3) is 0.261. The molecule has 0 saturated heterocycles. The van der Waals surface area contributed by atoms with E-state index >= 15 is 0 Å². The van der Waals surface area contributed by atoms with Crippen LogP contribution in [0.2, 0.25) is 0 Å². The van der Waals surface area contributed by atoms with E-state index in [-0.39, 0.29) is 12.5 Å². The highest BCUT2D eigenvalue weighted by Gasteiger charge is 2.20. The Morgan fingerprint density at radius 2 is 1.91 bits per heavy atom. The number of hydrogen-bond acceptors (Lipinski definition) is 5. The highest BCUT2D eigenvalue weighted by Crippen LogP contribution is 2.17. The quantitative estimate of drug-likeness (QED) is 0.501. The van der Waals surface area contributed by atoms with Gasteiger partial charge < -0.3 is 9.88 Å². The van der Waals surface area contributed by atoms with Crippen LogP contribution in [0.25, 0.3) is 22.3 Å². The predicted octanol–water partition coefficient (Wildman–Crippen LogP) is 1.84. The SMILES string of the molecule is CCCn1c(C(=O)NCc2ccc(-c3cccnc3)nc2)cc2c(=O)n(C)c(=O)n(C)c21. The van der Waals surface area contributed by atoms with E-state index in [1.54, 1.807) is 36.3 Å². The zero-order valence-corrected chi connectivity index (χ0v) is 18.2. The third-order valence-corrected chi connectivity index (χ3v) is 5.41. The first kappa shape index (κ1) is 21.2. The zero-order chi connectivity index (χ0) is 22.8. The van der Waals surface area contributed by atoms with Crippen molar-refractivity contribution in [3.63, 3.8) is 0 Å². The van der Waals surface area contributed by atoms with Crippen molar-refractivity contribution in [1.29, 1.82) is 0 Å². The Hall–Kier alpha value is -4.01. The third-order valence-electron chi connectivity index (χ3n) is 5.41. The van der Waals surface area contributed by atoms with Crippen LogP contribution in [0, 0.1) is 0 Å². The zero-order valence-electron chi connectivity index (χ0n) is 18.2. The second-order valence-electron chi connectivity index (χ2n) is 7.60. The van der Waals surface area contributed by atoms with Gasteiger partial charge in [0.1, 0.15) is 11.3 Å². The van der Waals surface area contributed by atoms with Crippen molar-refractivity contribution in [3.05, 3.63) is 81.0 Å². The first-order valence-electron chi connectivity index (χ1n) is 10.3. The van der Waals surface area contributed by atoms with Gasteiger partial charge in [-0.05, 0) is 36.2 Å². The van der Waals surface area contributed by atoms with Crippen LogP contribution < -0.4 is 16.6 Å². The van der Waals surface area contributed by atoms with Crippen molar-refractivity contribution >= 4 is 16.9 Å². The molecule has 0 spiro atoms. The lowest BCUT2D eigenvalue weighted by Crippen LogP contribution is -2.37. The summed E-state index contributed by atoms with van der Waals surface area (Å²) < 4.78 is 4.19. The van der Waals surface area contributed by atoms with Gasteiger partial charge in [-0.25, -0.2) is 4.79 Å². The van der Waals surface area contributed by atoms with E-state index < -0.39 is 11.2 Å². The van der Waals surface area contributed by atoms with Crippen LogP contribution in [0.3, 0.4) is 0 Å². The first-order valence-corrected chi connectivity index (χ1v) is 10.3. The number of fused-ring (bicyclic) bond motifs is 1. The van der Waals surface area contributed by atoms with E-state index in [9.17, 15) is 14.4 Å². The summed E-state index contributed by atoms with van der Waals surface area (Å²) in [5.74, 6) is -0.319. The third kappa shape index (κ3) is 3.73. The average Bonchev–Trinajstić information content (AvgIpc) is 3.20. The molecule has 0 unspecified atom stereocenters. The Balaban J connectivity index is 1.61. The summed E-state index contributed by atoms with van der Waals surface area (Å²) >= 11 is 0. The fourth-order valence-corrected chi connectivity index (χ4v) is 3.77. The van der Waals surface area contributed by atoms with E-state index in [4.69, 9.17) is 0 Å². The Morgan fingerprint density at radius 1 is 1.09 bits per heavy atom. The molecular weight excluding hydrogens is 408 g/mol. The monoisotopic (exact) mass is 432 g/mol. The van der Waals surface area contributed by atoms with Crippen LogP contribution in [0.4, 0.5) is 0 Å². The van der Waals surface area contributed by atoms with E-state index in [1.165, 1.54) is 11.6 Å². The normalized spacial score (nSPS) is 11.1. The molecule has 164 valence electrons. The van der Waals surface area contributed by atoms with Crippen LogP contribution in [0.15, 0.2) is 58.5 Å². The van der Waals surface area contributed by atoms with E-state index in [2.05, 4.69) is 15.3 Å². The second kappa shape index (κ2) is 8.62. The minimum Gasteiger partial charge on any atom is -0.347 e. The Morgan fingerprint density at radius 3 is 2.56 bits per heavy atom. The van der Waals surface area contributed by atoms with Crippen molar-refractivity contribution in [3.8, 4) is 11.3 Å².